The van der Waals surface area contributed by atoms with Crippen molar-refractivity contribution in [2.45, 2.75) is 26.7 Å². The molecule has 5 heteroatoms. The first-order valence-corrected chi connectivity index (χ1v) is 6.82. The fourth-order valence-corrected chi connectivity index (χ4v) is 1.57. The van der Waals surface area contributed by atoms with Crippen LogP contribution in [0.4, 0.5) is 0 Å². The zero-order valence-electron chi connectivity index (χ0n) is 9.23. The Balaban J connectivity index is 0.000000292. The molecular formula is C9H21NO3S. The Labute approximate surface area is 87.0 Å². The SMILES string of the molecule is CCN1CCCC(C)C1.CS(=O)(=O)O. The van der Waals surface area contributed by atoms with Crippen molar-refractivity contribution < 1.29 is 13.0 Å². The Morgan fingerprint density at radius 2 is 2.00 bits per heavy atom. The van der Waals surface area contributed by atoms with Gasteiger partial charge in [-0.25, -0.2) is 0 Å². The predicted molar refractivity (Wildman–Crippen MR) is 58.0 cm³/mol. The standard InChI is InChI=1S/C8H17N.CH4O3S/c1-3-9-6-4-5-8(2)7-9;1-5(2,3)4/h8H,3-7H2,1-2H3;1H3,(H,2,3,4). The summed E-state index contributed by atoms with van der Waals surface area (Å²) in [4.78, 5) is 2.54. The first-order valence-electron chi connectivity index (χ1n) is 4.97. The summed E-state index contributed by atoms with van der Waals surface area (Å²) in [5.41, 5.74) is 0. The molecule has 1 N–H and O–H groups in total. The second kappa shape index (κ2) is 6.37. The molecule has 0 aliphatic carbocycles. The zero-order valence-corrected chi connectivity index (χ0v) is 10.0. The molecule has 0 aromatic heterocycles. The van der Waals surface area contributed by atoms with Crippen molar-refractivity contribution in [3.8, 4) is 0 Å². The summed E-state index contributed by atoms with van der Waals surface area (Å²) in [7, 11) is -3.67. The molecule has 1 aliphatic rings. The average Bonchev–Trinajstić information content (AvgIpc) is 2.01. The van der Waals surface area contributed by atoms with Crippen molar-refractivity contribution in [3.05, 3.63) is 0 Å². The molecule has 0 spiro atoms. The van der Waals surface area contributed by atoms with Gasteiger partial charge in [0.1, 0.15) is 0 Å². The third kappa shape index (κ3) is 9.95. The Morgan fingerprint density at radius 3 is 2.29 bits per heavy atom. The predicted octanol–water partition coefficient (Wildman–Crippen LogP) is 1.24. The van der Waals surface area contributed by atoms with Crippen molar-refractivity contribution in [1.82, 2.24) is 4.90 Å². The van der Waals surface area contributed by atoms with Crippen LogP contribution in [0.25, 0.3) is 0 Å². The maximum Gasteiger partial charge on any atom is 0.261 e. The van der Waals surface area contributed by atoms with E-state index < -0.39 is 10.1 Å². The van der Waals surface area contributed by atoms with Gasteiger partial charge in [0, 0.05) is 6.54 Å². The van der Waals surface area contributed by atoms with Gasteiger partial charge < -0.3 is 4.90 Å². The maximum absolute atomic E-state index is 9.19. The molecular weight excluding hydrogens is 202 g/mol. The monoisotopic (exact) mass is 223 g/mol. The molecule has 1 saturated heterocycles. The lowest BCUT2D eigenvalue weighted by molar-refractivity contribution is 0.192. The van der Waals surface area contributed by atoms with Crippen molar-refractivity contribution in [3.63, 3.8) is 0 Å². The maximum atomic E-state index is 9.19. The summed E-state index contributed by atoms with van der Waals surface area (Å²) >= 11 is 0. The minimum Gasteiger partial charge on any atom is -0.303 e. The van der Waals surface area contributed by atoms with E-state index in [2.05, 4.69) is 18.7 Å². The second-order valence-corrected chi connectivity index (χ2v) is 5.34. The van der Waals surface area contributed by atoms with Crippen LogP contribution in [0, 0.1) is 5.92 Å². The van der Waals surface area contributed by atoms with Gasteiger partial charge >= 0.3 is 0 Å². The van der Waals surface area contributed by atoms with Crippen LogP contribution < -0.4 is 0 Å². The third-order valence-corrected chi connectivity index (χ3v) is 2.19. The molecule has 0 saturated carbocycles. The first kappa shape index (κ1) is 13.9. The van der Waals surface area contributed by atoms with Gasteiger partial charge in [0.05, 0.1) is 6.26 Å². The van der Waals surface area contributed by atoms with E-state index in [-0.39, 0.29) is 0 Å². The topological polar surface area (TPSA) is 57.6 Å². The Bertz CT molecular complexity index is 230. The molecule has 4 nitrogen and oxygen atoms in total. The molecule has 1 atom stereocenters. The molecule has 1 fully saturated rings. The molecule has 0 bridgehead atoms. The van der Waals surface area contributed by atoms with Crippen LogP contribution in [-0.2, 0) is 10.1 Å². The number of rotatable bonds is 1. The lowest BCUT2D eigenvalue weighted by Crippen LogP contribution is -2.33. The number of hydrogen-bond acceptors (Lipinski definition) is 3. The highest BCUT2D eigenvalue weighted by atomic mass is 32.2. The van der Waals surface area contributed by atoms with Crippen molar-refractivity contribution in [2.75, 3.05) is 25.9 Å². The van der Waals surface area contributed by atoms with Crippen LogP contribution >= 0.6 is 0 Å². The van der Waals surface area contributed by atoms with Gasteiger partial charge in [-0.15, -0.1) is 0 Å². The van der Waals surface area contributed by atoms with E-state index in [4.69, 9.17) is 4.55 Å². The average molecular weight is 223 g/mol. The lowest BCUT2D eigenvalue weighted by Gasteiger charge is -2.29. The lowest BCUT2D eigenvalue weighted by atomic mass is 10.0. The van der Waals surface area contributed by atoms with Crippen LogP contribution in [0.2, 0.25) is 0 Å². The zero-order chi connectivity index (χ0) is 11.2. The summed E-state index contributed by atoms with van der Waals surface area (Å²) in [6, 6.07) is 0. The van der Waals surface area contributed by atoms with Crippen LogP contribution in [0.3, 0.4) is 0 Å². The van der Waals surface area contributed by atoms with Gasteiger partial charge in [-0.1, -0.05) is 13.8 Å². The van der Waals surface area contributed by atoms with Crippen LogP contribution in [0.5, 0.6) is 0 Å². The molecule has 0 aromatic rings. The fraction of sp³-hybridized carbons (Fsp3) is 1.00. The summed E-state index contributed by atoms with van der Waals surface area (Å²) < 4.78 is 25.9. The summed E-state index contributed by atoms with van der Waals surface area (Å²) in [5, 5.41) is 0. The molecule has 0 amide bonds. The quantitative estimate of drug-likeness (QED) is 0.680. The summed E-state index contributed by atoms with van der Waals surface area (Å²) in [6.45, 7) is 8.50. The molecule has 1 unspecified atom stereocenters. The van der Waals surface area contributed by atoms with Crippen molar-refractivity contribution >= 4 is 10.1 Å². The first-order chi connectivity index (χ1) is 6.33. The minimum absolute atomic E-state index is 0.715. The highest BCUT2D eigenvalue weighted by Crippen LogP contribution is 2.14. The van der Waals surface area contributed by atoms with E-state index in [0.717, 1.165) is 5.92 Å². The number of likely N-dealkylation sites (tertiary alicyclic amines) is 1. The van der Waals surface area contributed by atoms with Crippen LogP contribution in [0.1, 0.15) is 26.7 Å². The summed E-state index contributed by atoms with van der Waals surface area (Å²) in [6.07, 6.45) is 3.57. The largest absolute Gasteiger partial charge is 0.303 e. The molecule has 1 heterocycles. The molecule has 0 aromatic carbocycles. The number of piperidine rings is 1. The van der Waals surface area contributed by atoms with E-state index in [1.807, 2.05) is 0 Å². The second-order valence-electron chi connectivity index (χ2n) is 3.87. The molecule has 14 heavy (non-hydrogen) atoms. The van der Waals surface area contributed by atoms with Gasteiger partial charge in [0.25, 0.3) is 10.1 Å². The minimum atomic E-state index is -3.67. The Morgan fingerprint density at radius 1 is 1.50 bits per heavy atom. The van der Waals surface area contributed by atoms with E-state index in [1.165, 1.54) is 32.5 Å². The van der Waals surface area contributed by atoms with E-state index in [0.29, 0.717) is 6.26 Å². The fourth-order valence-electron chi connectivity index (χ4n) is 1.57. The molecule has 0 radical (unpaired) electrons. The van der Waals surface area contributed by atoms with Crippen molar-refractivity contribution in [2.24, 2.45) is 5.92 Å². The van der Waals surface area contributed by atoms with Crippen LogP contribution in [-0.4, -0.2) is 43.8 Å². The normalized spacial score (nSPS) is 23.9. The van der Waals surface area contributed by atoms with E-state index in [1.54, 1.807) is 0 Å². The Kier molecular flexibility index (Phi) is 6.31. The highest BCUT2D eigenvalue weighted by molar-refractivity contribution is 7.85. The Hall–Kier alpha value is -0.130. The van der Waals surface area contributed by atoms with Gasteiger partial charge in [-0.2, -0.15) is 8.42 Å². The van der Waals surface area contributed by atoms with Gasteiger partial charge in [0.2, 0.25) is 0 Å². The van der Waals surface area contributed by atoms with Gasteiger partial charge in [-0.3, -0.25) is 4.55 Å². The molecule has 1 rings (SSSR count). The van der Waals surface area contributed by atoms with Gasteiger partial charge in [-0.05, 0) is 31.8 Å². The smallest absolute Gasteiger partial charge is 0.261 e. The molecule has 86 valence electrons. The number of hydrogen-bond donors (Lipinski definition) is 1. The number of nitrogens with zero attached hydrogens (tertiary/aromatic N) is 1. The van der Waals surface area contributed by atoms with E-state index in [9.17, 15) is 8.42 Å². The third-order valence-electron chi connectivity index (χ3n) is 2.19. The summed E-state index contributed by atoms with van der Waals surface area (Å²) in [5.74, 6) is 0.943. The van der Waals surface area contributed by atoms with Crippen LogP contribution in [0.15, 0.2) is 0 Å². The highest BCUT2D eigenvalue weighted by Gasteiger charge is 2.13. The van der Waals surface area contributed by atoms with Crippen molar-refractivity contribution in [1.29, 1.82) is 0 Å². The van der Waals surface area contributed by atoms with E-state index >= 15 is 0 Å². The molecule has 1 aliphatic heterocycles. The van der Waals surface area contributed by atoms with Gasteiger partial charge in [0.15, 0.2) is 0 Å².